The van der Waals surface area contributed by atoms with Gasteiger partial charge in [-0.1, -0.05) is 29.8 Å². The van der Waals surface area contributed by atoms with E-state index in [0.717, 1.165) is 12.8 Å². The van der Waals surface area contributed by atoms with E-state index in [1.807, 2.05) is 0 Å². The van der Waals surface area contributed by atoms with E-state index >= 15 is 0 Å². The van der Waals surface area contributed by atoms with Gasteiger partial charge in [0.15, 0.2) is 5.78 Å². The summed E-state index contributed by atoms with van der Waals surface area (Å²) in [5.74, 6) is -0.621. The van der Waals surface area contributed by atoms with E-state index in [-0.39, 0.29) is 5.78 Å². The minimum absolute atomic E-state index is 0.0814. The van der Waals surface area contributed by atoms with Crippen molar-refractivity contribution in [2.24, 2.45) is 0 Å². The van der Waals surface area contributed by atoms with Gasteiger partial charge in [0.25, 0.3) is 0 Å². The Morgan fingerprint density at radius 3 is 2.63 bits per heavy atom. The monoisotopic (exact) mass is 396 g/mol. The second-order valence-corrected chi connectivity index (χ2v) is 6.94. The topological polar surface area (TPSA) is 84.9 Å². The lowest BCUT2D eigenvalue weighted by atomic mass is 9.74. The van der Waals surface area contributed by atoms with Gasteiger partial charge >= 0.3 is 12.1 Å². The van der Waals surface area contributed by atoms with Crippen LogP contribution in [0.15, 0.2) is 24.3 Å². The molecule has 0 heterocycles. The largest absolute Gasteiger partial charge is 0.427 e. The van der Waals surface area contributed by atoms with Crippen molar-refractivity contribution in [2.45, 2.75) is 44.2 Å². The van der Waals surface area contributed by atoms with Crippen LogP contribution in [0.5, 0.6) is 0 Å². The number of amides is 1. The zero-order valence-electron chi connectivity index (χ0n) is 15.8. The molecule has 2 rings (SSSR count). The highest BCUT2D eigenvalue weighted by Gasteiger charge is 2.48. The average molecular weight is 397 g/mol. The molecule has 1 aliphatic rings. The molecule has 1 aromatic rings. The number of nitrogens with one attached hydrogen (secondary N) is 1. The summed E-state index contributed by atoms with van der Waals surface area (Å²) in [6.07, 6.45) is 1.61. The highest BCUT2D eigenvalue weighted by Crippen LogP contribution is 2.42. The number of benzene rings is 1. The summed E-state index contributed by atoms with van der Waals surface area (Å²) in [5, 5.41) is 3.15. The molecule has 1 saturated carbocycles. The summed E-state index contributed by atoms with van der Waals surface area (Å²) >= 11 is 6.35. The number of carbonyl (C=O) groups excluding carboxylic acids is 3. The summed E-state index contributed by atoms with van der Waals surface area (Å²) in [4.78, 5) is 38.4. The Balaban J connectivity index is 2.19. The van der Waals surface area contributed by atoms with Crippen LogP contribution in [0.25, 0.3) is 0 Å². The third-order valence-electron chi connectivity index (χ3n) is 4.99. The van der Waals surface area contributed by atoms with Crippen molar-refractivity contribution in [1.82, 2.24) is 10.2 Å². The molecule has 1 fully saturated rings. The fraction of sp³-hybridized carbons (Fsp3) is 0.526. The molecule has 27 heavy (non-hydrogen) atoms. The van der Waals surface area contributed by atoms with Gasteiger partial charge in [-0.05, 0) is 39.3 Å². The first-order chi connectivity index (χ1) is 12.8. The first-order valence-electron chi connectivity index (χ1n) is 8.87. The Bertz CT molecular complexity index is 711. The van der Waals surface area contributed by atoms with Crippen LogP contribution >= 0.6 is 11.6 Å². The molecule has 0 saturated heterocycles. The SMILES string of the molecule is CN[C@@H](C)C(=O)OCOC(=O)N(C)[C@]1(c2ccccc2Cl)CCCCC1=O. The molecule has 0 bridgehead atoms. The van der Waals surface area contributed by atoms with E-state index in [0.29, 0.717) is 23.4 Å². The molecule has 7 nitrogen and oxygen atoms in total. The van der Waals surface area contributed by atoms with Crippen molar-refractivity contribution in [2.75, 3.05) is 20.9 Å². The highest BCUT2D eigenvalue weighted by atomic mass is 35.5. The molecule has 0 aromatic heterocycles. The molecule has 0 aliphatic heterocycles. The fourth-order valence-electron chi connectivity index (χ4n) is 3.26. The summed E-state index contributed by atoms with van der Waals surface area (Å²) in [6, 6.07) is 6.49. The Hall–Kier alpha value is -2.12. The van der Waals surface area contributed by atoms with Gasteiger partial charge in [0, 0.05) is 24.1 Å². The van der Waals surface area contributed by atoms with Gasteiger partial charge in [-0.2, -0.15) is 0 Å². The molecule has 1 N–H and O–H groups in total. The van der Waals surface area contributed by atoms with Crippen LogP contribution in [0.2, 0.25) is 5.02 Å². The van der Waals surface area contributed by atoms with E-state index in [9.17, 15) is 14.4 Å². The Labute approximate surface area is 163 Å². The first-order valence-corrected chi connectivity index (χ1v) is 9.25. The maximum Gasteiger partial charge on any atom is 0.413 e. The van der Waals surface area contributed by atoms with Gasteiger partial charge < -0.3 is 14.8 Å². The van der Waals surface area contributed by atoms with E-state index in [1.165, 1.54) is 11.9 Å². The number of rotatable bonds is 6. The molecular formula is C19H25ClN2O5. The van der Waals surface area contributed by atoms with Gasteiger partial charge in [-0.3, -0.25) is 14.5 Å². The third-order valence-corrected chi connectivity index (χ3v) is 5.32. The zero-order chi connectivity index (χ0) is 20.0. The zero-order valence-corrected chi connectivity index (χ0v) is 16.5. The summed E-state index contributed by atoms with van der Waals surface area (Å²) in [7, 11) is 3.13. The Kier molecular flexibility index (Phi) is 7.21. The molecule has 1 amide bonds. The lowest BCUT2D eigenvalue weighted by molar-refractivity contribution is -0.155. The lowest BCUT2D eigenvalue weighted by Crippen LogP contribution is -2.54. The number of hydrogen-bond acceptors (Lipinski definition) is 6. The van der Waals surface area contributed by atoms with E-state index < -0.39 is 30.4 Å². The predicted molar refractivity (Wildman–Crippen MR) is 100 cm³/mol. The number of Topliss-reactive ketones (excluding diaryl/α,β-unsaturated/α-hetero) is 1. The quantitative estimate of drug-likeness (QED) is 0.588. The molecule has 0 unspecified atom stereocenters. The molecule has 8 heteroatoms. The van der Waals surface area contributed by atoms with Crippen LogP contribution < -0.4 is 5.32 Å². The van der Waals surface area contributed by atoms with E-state index in [4.69, 9.17) is 21.1 Å². The number of halogens is 1. The number of nitrogens with zero attached hydrogens (tertiary/aromatic N) is 1. The van der Waals surface area contributed by atoms with Crippen molar-refractivity contribution < 1.29 is 23.9 Å². The second-order valence-electron chi connectivity index (χ2n) is 6.53. The van der Waals surface area contributed by atoms with Gasteiger partial charge in [0.2, 0.25) is 6.79 Å². The van der Waals surface area contributed by atoms with Crippen molar-refractivity contribution in [3.63, 3.8) is 0 Å². The van der Waals surface area contributed by atoms with Crippen molar-refractivity contribution in [3.8, 4) is 0 Å². The number of esters is 1. The summed E-state index contributed by atoms with van der Waals surface area (Å²) < 4.78 is 9.99. The molecule has 1 aromatic carbocycles. The van der Waals surface area contributed by atoms with Crippen molar-refractivity contribution in [3.05, 3.63) is 34.9 Å². The maximum absolute atomic E-state index is 12.9. The van der Waals surface area contributed by atoms with Gasteiger partial charge in [-0.25, -0.2) is 4.79 Å². The Morgan fingerprint density at radius 2 is 2.00 bits per heavy atom. The molecule has 0 radical (unpaired) electrons. The minimum Gasteiger partial charge on any atom is -0.427 e. The van der Waals surface area contributed by atoms with Gasteiger partial charge in [-0.15, -0.1) is 0 Å². The lowest BCUT2D eigenvalue weighted by Gasteiger charge is -2.43. The first kappa shape index (κ1) is 21.2. The van der Waals surface area contributed by atoms with Crippen molar-refractivity contribution in [1.29, 1.82) is 0 Å². The van der Waals surface area contributed by atoms with Crippen LogP contribution in [0.4, 0.5) is 4.79 Å². The number of ether oxygens (including phenoxy) is 2. The minimum atomic E-state index is -1.18. The van der Waals surface area contributed by atoms with Crippen LogP contribution in [0.1, 0.15) is 38.2 Å². The predicted octanol–water partition coefficient (Wildman–Crippen LogP) is 2.86. The van der Waals surface area contributed by atoms with Crippen LogP contribution in [-0.4, -0.2) is 49.7 Å². The molecular weight excluding hydrogens is 372 g/mol. The van der Waals surface area contributed by atoms with Gasteiger partial charge in [0.05, 0.1) is 0 Å². The van der Waals surface area contributed by atoms with Crippen LogP contribution in [-0.2, 0) is 24.6 Å². The van der Waals surface area contributed by atoms with Gasteiger partial charge in [0.1, 0.15) is 11.6 Å². The standard InChI is InChI=1S/C19H25ClN2O5/c1-13(21-2)17(24)26-12-27-18(25)22(3)19(11-7-6-10-16(19)23)14-8-4-5-9-15(14)20/h4-5,8-9,13,21H,6-7,10-12H2,1-3H3/t13-,19-/m0/s1. The fourth-order valence-corrected chi connectivity index (χ4v) is 3.56. The maximum atomic E-state index is 12.9. The molecule has 1 aliphatic carbocycles. The highest BCUT2D eigenvalue weighted by molar-refractivity contribution is 6.31. The summed E-state index contributed by atoms with van der Waals surface area (Å²) in [5.41, 5.74) is -0.604. The summed E-state index contributed by atoms with van der Waals surface area (Å²) in [6.45, 7) is 1.10. The number of carbonyl (C=O) groups is 3. The normalized spacial score (nSPS) is 20.7. The van der Waals surface area contributed by atoms with Crippen molar-refractivity contribution >= 4 is 29.4 Å². The molecule has 148 valence electrons. The molecule has 0 spiro atoms. The average Bonchev–Trinajstić information content (AvgIpc) is 2.67. The second kappa shape index (κ2) is 9.19. The third kappa shape index (κ3) is 4.42. The number of hydrogen-bond donors (Lipinski definition) is 1. The van der Waals surface area contributed by atoms with E-state index in [2.05, 4.69) is 5.32 Å². The van der Waals surface area contributed by atoms with E-state index in [1.54, 1.807) is 38.2 Å². The van der Waals surface area contributed by atoms with Crippen LogP contribution in [0.3, 0.4) is 0 Å². The number of likely N-dealkylation sites (N-methyl/N-ethyl adjacent to an activating group) is 2. The smallest absolute Gasteiger partial charge is 0.413 e. The molecule has 2 atom stereocenters. The Morgan fingerprint density at radius 1 is 1.30 bits per heavy atom. The van der Waals surface area contributed by atoms with Crippen LogP contribution in [0, 0.1) is 0 Å². The number of ketones is 1.